The van der Waals surface area contributed by atoms with E-state index in [-0.39, 0.29) is 5.24 Å². The van der Waals surface area contributed by atoms with Crippen molar-refractivity contribution in [1.29, 1.82) is 0 Å². The average Bonchev–Trinajstić information content (AvgIpc) is 3.07. The molecule has 2 aromatic rings. The third-order valence-corrected chi connectivity index (χ3v) is 7.03. The number of nitrogens with two attached hydrogens (primary N) is 1. The van der Waals surface area contributed by atoms with Gasteiger partial charge in [-0.2, -0.15) is 0 Å². The van der Waals surface area contributed by atoms with Crippen molar-refractivity contribution in [2.75, 3.05) is 26.2 Å². The fourth-order valence-corrected chi connectivity index (χ4v) is 4.92. The van der Waals surface area contributed by atoms with Crippen molar-refractivity contribution < 1.29 is 4.79 Å². The van der Waals surface area contributed by atoms with Crippen molar-refractivity contribution >= 4 is 48.6 Å². The van der Waals surface area contributed by atoms with E-state index in [9.17, 15) is 4.79 Å². The summed E-state index contributed by atoms with van der Waals surface area (Å²) in [4.78, 5) is 18.0. The minimum atomic E-state index is -0.220. The Balaban J connectivity index is 1.55. The molecule has 2 heterocycles. The van der Waals surface area contributed by atoms with Gasteiger partial charge >= 0.3 is 5.24 Å². The van der Waals surface area contributed by atoms with Crippen LogP contribution in [0, 0.1) is 0 Å². The minimum Gasteiger partial charge on any atom is -0.294 e. The molecule has 0 saturated carbocycles. The summed E-state index contributed by atoms with van der Waals surface area (Å²) in [5.74, 6) is 5.08. The molecule has 9 heteroatoms. The molecule has 0 bridgehead atoms. The van der Waals surface area contributed by atoms with Gasteiger partial charge in [-0.1, -0.05) is 6.07 Å². The summed E-state index contributed by atoms with van der Waals surface area (Å²) in [6, 6.07) is 6.92. The number of amides is 1. The second-order valence-corrected chi connectivity index (χ2v) is 8.35. The van der Waals surface area contributed by atoms with E-state index in [1.807, 2.05) is 5.51 Å². The third-order valence-electron chi connectivity index (χ3n) is 3.99. The van der Waals surface area contributed by atoms with E-state index in [0.717, 1.165) is 42.5 Å². The van der Waals surface area contributed by atoms with Gasteiger partial charge in [0, 0.05) is 54.0 Å². The van der Waals surface area contributed by atoms with Gasteiger partial charge in [-0.15, -0.1) is 11.3 Å². The first-order chi connectivity index (χ1) is 11.2. The summed E-state index contributed by atoms with van der Waals surface area (Å²) in [6.45, 7) is 6.06. The number of benzene rings is 1. The number of hydrogen-bond donors (Lipinski definition) is 2. The van der Waals surface area contributed by atoms with Gasteiger partial charge in [0.25, 0.3) is 0 Å². The zero-order chi connectivity index (χ0) is 16.2. The average molecular weight is 370 g/mol. The highest BCUT2D eigenvalue weighted by molar-refractivity contribution is 8.81. The van der Waals surface area contributed by atoms with Crippen LogP contribution in [0.15, 0.2) is 23.7 Å². The van der Waals surface area contributed by atoms with Gasteiger partial charge in [0.1, 0.15) is 0 Å². The Morgan fingerprint density at radius 2 is 2.17 bits per heavy atom. The fraction of sp³-hybridized carbons (Fsp3) is 0.429. The number of piperazine rings is 1. The van der Waals surface area contributed by atoms with Crippen LogP contribution in [0.3, 0.4) is 0 Å². The molecule has 6 nitrogen and oxygen atoms in total. The van der Waals surface area contributed by atoms with Crippen LogP contribution < -0.4 is 11.3 Å². The fourth-order valence-electron chi connectivity index (χ4n) is 2.62. The zero-order valence-electron chi connectivity index (χ0n) is 12.8. The van der Waals surface area contributed by atoms with E-state index in [2.05, 4.69) is 44.7 Å². The second-order valence-electron chi connectivity index (χ2n) is 5.31. The molecule has 0 spiro atoms. The van der Waals surface area contributed by atoms with E-state index >= 15 is 0 Å². The molecule has 124 valence electrons. The molecule has 1 aromatic carbocycles. The summed E-state index contributed by atoms with van der Waals surface area (Å²) in [5, 5.41) is -0.220. The molecular weight excluding hydrogens is 350 g/mol. The molecule has 1 aromatic heterocycles. The number of rotatable bonds is 4. The van der Waals surface area contributed by atoms with Gasteiger partial charge in [0.15, 0.2) is 0 Å². The Hall–Kier alpha value is -0.840. The molecule has 1 aliphatic heterocycles. The lowest BCUT2D eigenvalue weighted by Gasteiger charge is -2.37. The van der Waals surface area contributed by atoms with Crippen LogP contribution in [0.2, 0.25) is 0 Å². The van der Waals surface area contributed by atoms with Crippen LogP contribution in [-0.2, 0) is 0 Å². The van der Waals surface area contributed by atoms with Gasteiger partial charge in [0.05, 0.1) is 15.7 Å². The van der Waals surface area contributed by atoms with Crippen LogP contribution in [0.4, 0.5) is 4.79 Å². The van der Waals surface area contributed by atoms with E-state index in [4.69, 9.17) is 5.84 Å². The first-order valence-electron chi connectivity index (χ1n) is 7.34. The van der Waals surface area contributed by atoms with Crippen molar-refractivity contribution in [2.45, 2.75) is 13.0 Å². The number of aromatic nitrogens is 1. The SMILES string of the molecule is CC(c1ccc2scnc2c1)N1CCN(SSC(=O)NN)CC1. The number of hydrazine groups is 1. The zero-order valence-corrected chi connectivity index (χ0v) is 15.2. The molecule has 3 N–H and O–H groups in total. The van der Waals surface area contributed by atoms with Crippen LogP contribution in [-0.4, -0.2) is 45.6 Å². The molecular formula is C14H19N5OS3. The topological polar surface area (TPSA) is 74.5 Å². The second kappa shape index (κ2) is 7.82. The first-order valence-corrected chi connectivity index (χ1v) is 10.3. The molecule has 1 fully saturated rings. The van der Waals surface area contributed by atoms with Crippen LogP contribution >= 0.6 is 33.1 Å². The summed E-state index contributed by atoms with van der Waals surface area (Å²) in [6.07, 6.45) is 0. The monoisotopic (exact) mass is 369 g/mol. The first kappa shape index (κ1) is 17.0. The molecule has 1 saturated heterocycles. The van der Waals surface area contributed by atoms with Crippen molar-refractivity contribution in [2.24, 2.45) is 5.84 Å². The van der Waals surface area contributed by atoms with E-state index < -0.39 is 0 Å². The highest BCUT2D eigenvalue weighted by Crippen LogP contribution is 2.30. The van der Waals surface area contributed by atoms with Crippen molar-refractivity contribution in [3.05, 3.63) is 29.3 Å². The van der Waals surface area contributed by atoms with E-state index in [1.54, 1.807) is 11.3 Å². The Morgan fingerprint density at radius 3 is 2.91 bits per heavy atom. The van der Waals surface area contributed by atoms with Crippen LogP contribution in [0.1, 0.15) is 18.5 Å². The van der Waals surface area contributed by atoms with Gasteiger partial charge in [0.2, 0.25) is 0 Å². The predicted molar refractivity (Wildman–Crippen MR) is 99.1 cm³/mol. The summed E-state index contributed by atoms with van der Waals surface area (Å²) < 4.78 is 3.43. The number of fused-ring (bicyclic) bond motifs is 1. The standard InChI is InChI=1S/C14H19N5OS3/c1-10(11-2-3-13-12(8-11)16-9-21-13)18-4-6-19(7-5-18)23-22-14(20)17-15/h2-3,8-10H,4-7,15H2,1H3,(H,17,20). The molecule has 0 aliphatic carbocycles. The van der Waals surface area contributed by atoms with Gasteiger partial charge in [-0.25, -0.2) is 15.1 Å². The maximum atomic E-state index is 11.2. The van der Waals surface area contributed by atoms with Crippen molar-refractivity contribution in [1.82, 2.24) is 19.6 Å². The molecule has 1 atom stereocenters. The summed E-state index contributed by atoms with van der Waals surface area (Å²) >= 11 is 1.68. The largest absolute Gasteiger partial charge is 0.304 e. The molecule has 1 unspecified atom stereocenters. The van der Waals surface area contributed by atoms with Crippen LogP contribution in [0.25, 0.3) is 10.2 Å². The van der Waals surface area contributed by atoms with Crippen molar-refractivity contribution in [3.63, 3.8) is 0 Å². The lowest BCUT2D eigenvalue weighted by atomic mass is 10.1. The Morgan fingerprint density at radius 1 is 1.39 bits per heavy atom. The Bertz CT molecular complexity index is 671. The minimum absolute atomic E-state index is 0.220. The highest BCUT2D eigenvalue weighted by Gasteiger charge is 2.23. The van der Waals surface area contributed by atoms with Gasteiger partial charge in [-0.05, 0) is 24.6 Å². The highest BCUT2D eigenvalue weighted by atomic mass is 33.1. The normalized spacial score (nSPS) is 18.2. The number of thiazole rings is 1. The van der Waals surface area contributed by atoms with Gasteiger partial charge < -0.3 is 0 Å². The number of nitrogens with one attached hydrogen (secondary N) is 1. The number of carbonyl (C=O) groups is 1. The Labute approximate surface area is 147 Å². The smallest absolute Gasteiger partial charge is 0.294 e. The van der Waals surface area contributed by atoms with E-state index in [1.165, 1.54) is 21.2 Å². The molecule has 1 aliphatic rings. The molecule has 23 heavy (non-hydrogen) atoms. The number of carbonyl (C=O) groups excluding carboxylic acids is 1. The Kier molecular flexibility index (Phi) is 5.78. The maximum Gasteiger partial charge on any atom is 0.304 e. The quantitative estimate of drug-likeness (QED) is 0.282. The lowest BCUT2D eigenvalue weighted by Crippen LogP contribution is -2.44. The summed E-state index contributed by atoms with van der Waals surface area (Å²) in [5.41, 5.74) is 6.41. The van der Waals surface area contributed by atoms with Crippen LogP contribution in [0.5, 0.6) is 0 Å². The number of nitrogens with zero attached hydrogens (tertiary/aromatic N) is 3. The molecule has 1 amide bonds. The predicted octanol–water partition coefficient (Wildman–Crippen LogP) is 2.85. The summed E-state index contributed by atoms with van der Waals surface area (Å²) in [7, 11) is 2.60. The maximum absolute atomic E-state index is 11.2. The lowest BCUT2D eigenvalue weighted by molar-refractivity contribution is 0.152. The van der Waals surface area contributed by atoms with E-state index in [0.29, 0.717) is 6.04 Å². The third kappa shape index (κ3) is 4.17. The molecule has 3 rings (SSSR count). The van der Waals surface area contributed by atoms with Gasteiger partial charge in [-0.3, -0.25) is 15.1 Å². The number of hydrogen-bond acceptors (Lipinski definition) is 8. The molecule has 0 radical (unpaired) electrons. The van der Waals surface area contributed by atoms with Crippen molar-refractivity contribution in [3.8, 4) is 0 Å².